The van der Waals surface area contributed by atoms with E-state index in [-0.39, 0.29) is 23.5 Å². The molecule has 1 fully saturated rings. The predicted molar refractivity (Wildman–Crippen MR) is 117 cm³/mol. The average Bonchev–Trinajstić information content (AvgIpc) is 3.26. The minimum Gasteiger partial charge on any atom is -0.304 e. The number of hydrogen-bond donors (Lipinski definition) is 0. The molecule has 2 amide bonds. The summed E-state index contributed by atoms with van der Waals surface area (Å²) >= 11 is 1.03. The van der Waals surface area contributed by atoms with E-state index in [1.54, 1.807) is 24.3 Å². The molecule has 0 saturated carbocycles. The van der Waals surface area contributed by atoms with Crippen LogP contribution in [0.2, 0.25) is 0 Å². The number of alkyl halides is 3. The predicted octanol–water partition coefficient (Wildman–Crippen LogP) is 5.46. The summed E-state index contributed by atoms with van der Waals surface area (Å²) in [7, 11) is 0. The highest BCUT2D eigenvalue weighted by molar-refractivity contribution is 8.02. The molecule has 0 unspecified atom stereocenters. The zero-order valence-electron chi connectivity index (χ0n) is 17.3. The van der Waals surface area contributed by atoms with Crippen LogP contribution in [0.4, 0.5) is 33.3 Å². The number of anilines is 2. The maximum atomic E-state index is 14.0. The second-order valence-corrected chi connectivity index (χ2v) is 9.04. The number of nitrogens with zero attached hydrogens (tertiary/aromatic N) is 2. The summed E-state index contributed by atoms with van der Waals surface area (Å²) in [6.45, 7) is -0.165. The Hall–Kier alpha value is -3.40. The van der Waals surface area contributed by atoms with Gasteiger partial charge in [-0.2, -0.15) is 13.2 Å². The van der Waals surface area contributed by atoms with Crippen molar-refractivity contribution in [2.45, 2.75) is 17.6 Å². The maximum absolute atomic E-state index is 14.0. The van der Waals surface area contributed by atoms with Gasteiger partial charge in [0.1, 0.15) is 0 Å². The van der Waals surface area contributed by atoms with Crippen molar-refractivity contribution in [1.82, 2.24) is 0 Å². The zero-order valence-corrected chi connectivity index (χ0v) is 18.1. The molecule has 3 aromatic carbocycles. The van der Waals surface area contributed by atoms with Gasteiger partial charge in [-0.3, -0.25) is 14.5 Å². The summed E-state index contributed by atoms with van der Waals surface area (Å²) in [6, 6.07) is 14.3. The van der Waals surface area contributed by atoms with Gasteiger partial charge in [-0.15, -0.1) is 11.8 Å². The molecule has 4 nitrogen and oxygen atoms in total. The van der Waals surface area contributed by atoms with Crippen LogP contribution >= 0.6 is 11.8 Å². The maximum Gasteiger partial charge on any atom is 0.416 e. The monoisotopic (exact) mass is 490 g/mol. The summed E-state index contributed by atoms with van der Waals surface area (Å²) in [5.41, 5.74) is 0.308. The van der Waals surface area contributed by atoms with Crippen molar-refractivity contribution in [3.63, 3.8) is 0 Å². The van der Waals surface area contributed by atoms with Gasteiger partial charge in [0.05, 0.1) is 23.5 Å². The van der Waals surface area contributed by atoms with Gasteiger partial charge in [0, 0.05) is 17.3 Å². The molecular weight excluding hydrogens is 475 g/mol. The fourth-order valence-electron chi connectivity index (χ4n) is 4.37. The Morgan fingerprint density at radius 3 is 2.41 bits per heavy atom. The van der Waals surface area contributed by atoms with E-state index in [1.807, 2.05) is 0 Å². The van der Waals surface area contributed by atoms with Gasteiger partial charge in [0.2, 0.25) is 10.8 Å². The molecular formula is C24H15F5N2O2S. The largest absolute Gasteiger partial charge is 0.416 e. The first-order valence-electron chi connectivity index (χ1n) is 10.1. The van der Waals surface area contributed by atoms with Crippen LogP contribution in [-0.2, 0) is 27.2 Å². The van der Waals surface area contributed by atoms with Crippen molar-refractivity contribution >= 4 is 35.0 Å². The first-order chi connectivity index (χ1) is 16.1. The number of carbonyl (C=O) groups excluding carboxylic acids is 2. The SMILES string of the molecule is O=C1CS[C@]2(C(=O)N(Cc3cccc(C(F)(F)F)c3)c3ccccc32)N1c1ccc(F)c(F)c1. The summed E-state index contributed by atoms with van der Waals surface area (Å²) < 4.78 is 67.2. The zero-order chi connectivity index (χ0) is 24.3. The summed E-state index contributed by atoms with van der Waals surface area (Å²) in [5, 5.41) is 0. The van der Waals surface area contributed by atoms with E-state index in [1.165, 1.54) is 23.1 Å². The fraction of sp³-hybridized carbons (Fsp3) is 0.167. The summed E-state index contributed by atoms with van der Waals surface area (Å²) in [5.74, 6) is -3.37. The fourth-order valence-corrected chi connectivity index (χ4v) is 5.72. The molecule has 1 spiro atoms. The molecule has 0 N–H and O–H groups in total. The highest BCUT2D eigenvalue weighted by Crippen LogP contribution is 2.56. The molecule has 0 radical (unpaired) electrons. The number of hydrogen-bond acceptors (Lipinski definition) is 3. The van der Waals surface area contributed by atoms with Crippen LogP contribution in [0.25, 0.3) is 0 Å². The highest BCUT2D eigenvalue weighted by Gasteiger charge is 2.61. The number of fused-ring (bicyclic) bond motifs is 2. The number of carbonyl (C=O) groups is 2. The molecule has 2 aliphatic heterocycles. The molecule has 174 valence electrons. The second kappa shape index (κ2) is 7.83. The molecule has 1 saturated heterocycles. The second-order valence-electron chi connectivity index (χ2n) is 7.87. The Balaban J connectivity index is 1.61. The number of amides is 2. The minimum atomic E-state index is -4.54. The van der Waals surface area contributed by atoms with Gasteiger partial charge in [-0.05, 0) is 35.9 Å². The van der Waals surface area contributed by atoms with Crippen LogP contribution in [0, 0.1) is 11.6 Å². The first kappa shape index (κ1) is 22.4. The van der Waals surface area contributed by atoms with E-state index in [2.05, 4.69) is 0 Å². The van der Waals surface area contributed by atoms with Crippen LogP contribution in [0.3, 0.4) is 0 Å². The highest BCUT2D eigenvalue weighted by atomic mass is 32.2. The van der Waals surface area contributed by atoms with Crippen molar-refractivity contribution in [3.8, 4) is 0 Å². The van der Waals surface area contributed by atoms with E-state index < -0.39 is 40.1 Å². The quantitative estimate of drug-likeness (QED) is 0.458. The Bertz CT molecular complexity index is 1330. The van der Waals surface area contributed by atoms with E-state index in [9.17, 15) is 31.5 Å². The molecule has 2 aliphatic rings. The Morgan fingerprint density at radius 2 is 1.68 bits per heavy atom. The van der Waals surface area contributed by atoms with E-state index in [4.69, 9.17) is 0 Å². The molecule has 34 heavy (non-hydrogen) atoms. The number of rotatable bonds is 3. The normalized spacial score (nSPS) is 19.9. The molecule has 0 aliphatic carbocycles. The molecule has 0 aromatic heterocycles. The lowest BCUT2D eigenvalue weighted by Crippen LogP contribution is -2.49. The Labute approximate surface area is 195 Å². The number of para-hydroxylation sites is 1. The lowest BCUT2D eigenvalue weighted by Gasteiger charge is -2.33. The molecule has 1 atom stereocenters. The topological polar surface area (TPSA) is 40.6 Å². The smallest absolute Gasteiger partial charge is 0.304 e. The van der Waals surface area contributed by atoms with Crippen molar-refractivity contribution in [3.05, 3.63) is 95.1 Å². The van der Waals surface area contributed by atoms with Gasteiger partial charge >= 0.3 is 6.18 Å². The van der Waals surface area contributed by atoms with E-state index in [0.717, 1.165) is 40.9 Å². The Morgan fingerprint density at radius 1 is 0.912 bits per heavy atom. The third-order valence-electron chi connectivity index (χ3n) is 5.82. The van der Waals surface area contributed by atoms with E-state index in [0.29, 0.717) is 11.3 Å². The number of benzene rings is 3. The molecule has 2 heterocycles. The van der Waals surface area contributed by atoms with Gasteiger partial charge in [0.15, 0.2) is 11.6 Å². The summed E-state index contributed by atoms with van der Waals surface area (Å²) in [6.07, 6.45) is -4.54. The third-order valence-corrected chi connectivity index (χ3v) is 7.21. The third kappa shape index (κ3) is 3.35. The Kier molecular flexibility index (Phi) is 5.16. The van der Waals surface area contributed by atoms with Crippen LogP contribution in [0.5, 0.6) is 0 Å². The number of halogens is 5. The van der Waals surface area contributed by atoms with E-state index >= 15 is 0 Å². The van der Waals surface area contributed by atoms with Crippen molar-refractivity contribution < 1.29 is 31.5 Å². The molecule has 5 rings (SSSR count). The first-order valence-corrected chi connectivity index (χ1v) is 11.1. The lowest BCUT2D eigenvalue weighted by atomic mass is 10.0. The standard InChI is InChI=1S/C24H15F5N2O2S/c25-18-9-8-16(11-19(18)26)31-21(32)13-34-23(31)17-6-1-2-7-20(17)30(22(23)33)12-14-4-3-5-15(10-14)24(27,28)29/h1-11H,12-13H2/t23-/m1/s1. The van der Waals surface area contributed by atoms with Crippen LogP contribution < -0.4 is 9.80 Å². The van der Waals surface area contributed by atoms with Crippen molar-refractivity contribution in [1.29, 1.82) is 0 Å². The van der Waals surface area contributed by atoms with Crippen LogP contribution in [0.1, 0.15) is 16.7 Å². The lowest BCUT2D eigenvalue weighted by molar-refractivity contribution is -0.137. The van der Waals surface area contributed by atoms with Crippen molar-refractivity contribution in [2.24, 2.45) is 0 Å². The van der Waals surface area contributed by atoms with Gasteiger partial charge in [-0.25, -0.2) is 8.78 Å². The van der Waals surface area contributed by atoms with Gasteiger partial charge < -0.3 is 4.90 Å². The van der Waals surface area contributed by atoms with Crippen LogP contribution in [0.15, 0.2) is 66.7 Å². The van der Waals surface area contributed by atoms with Crippen LogP contribution in [-0.4, -0.2) is 17.6 Å². The van der Waals surface area contributed by atoms with Crippen molar-refractivity contribution in [2.75, 3.05) is 15.6 Å². The molecule has 10 heteroatoms. The molecule has 3 aromatic rings. The van der Waals surface area contributed by atoms with Gasteiger partial charge in [0.25, 0.3) is 5.91 Å². The minimum absolute atomic E-state index is 0.0120. The average molecular weight is 490 g/mol. The molecule has 0 bridgehead atoms. The summed E-state index contributed by atoms with van der Waals surface area (Å²) in [4.78, 5) is 27.7. The van der Waals surface area contributed by atoms with Gasteiger partial charge in [-0.1, -0.05) is 30.3 Å². The number of thioether (sulfide) groups is 1.